The SMILES string of the molecule is N=C(OC(c1ccc(C(F)(F)F)cc1)c1ccc(C(F)(F)F)cc1)C(Cl)(Cl)Cl. The molecule has 2 nitrogen and oxygen atoms in total. The van der Waals surface area contributed by atoms with Crippen LogP contribution in [0.4, 0.5) is 26.3 Å². The van der Waals surface area contributed by atoms with Crippen molar-refractivity contribution >= 4 is 40.7 Å². The maximum atomic E-state index is 12.7. The summed E-state index contributed by atoms with van der Waals surface area (Å²) in [6, 6.07) is 7.36. The number of hydrogen-bond donors (Lipinski definition) is 1. The van der Waals surface area contributed by atoms with E-state index in [2.05, 4.69) is 0 Å². The molecular weight excluding hydrogens is 455 g/mol. The molecule has 0 aliphatic carbocycles. The van der Waals surface area contributed by atoms with Crippen LogP contribution in [-0.2, 0) is 17.1 Å². The van der Waals surface area contributed by atoms with E-state index in [1.807, 2.05) is 0 Å². The van der Waals surface area contributed by atoms with E-state index in [0.29, 0.717) is 0 Å². The van der Waals surface area contributed by atoms with E-state index in [0.717, 1.165) is 48.5 Å². The van der Waals surface area contributed by atoms with Crippen LogP contribution in [0.15, 0.2) is 48.5 Å². The van der Waals surface area contributed by atoms with E-state index in [-0.39, 0.29) is 11.1 Å². The van der Waals surface area contributed by atoms with E-state index >= 15 is 0 Å². The Morgan fingerprint density at radius 3 is 1.29 bits per heavy atom. The third-order valence-electron chi connectivity index (χ3n) is 3.57. The first-order chi connectivity index (χ1) is 12.7. The first-order valence-electron chi connectivity index (χ1n) is 7.36. The van der Waals surface area contributed by atoms with E-state index in [4.69, 9.17) is 44.9 Å². The third-order valence-corrected chi connectivity index (χ3v) is 4.09. The average molecular weight is 465 g/mol. The van der Waals surface area contributed by atoms with Crippen molar-refractivity contribution in [2.24, 2.45) is 0 Å². The van der Waals surface area contributed by atoms with Gasteiger partial charge in [0.2, 0.25) is 5.90 Å². The highest BCUT2D eigenvalue weighted by Gasteiger charge is 2.34. The van der Waals surface area contributed by atoms with E-state index in [1.165, 1.54) is 0 Å². The number of rotatable bonds is 3. The number of hydrogen-bond acceptors (Lipinski definition) is 2. The summed E-state index contributed by atoms with van der Waals surface area (Å²) >= 11 is 16.7. The van der Waals surface area contributed by atoms with Crippen molar-refractivity contribution in [2.45, 2.75) is 22.2 Å². The van der Waals surface area contributed by atoms with E-state index in [9.17, 15) is 26.3 Å². The van der Waals surface area contributed by atoms with Crippen molar-refractivity contribution in [2.75, 3.05) is 0 Å². The van der Waals surface area contributed by atoms with Gasteiger partial charge in [0, 0.05) is 0 Å². The zero-order valence-electron chi connectivity index (χ0n) is 13.5. The lowest BCUT2D eigenvalue weighted by atomic mass is 9.99. The summed E-state index contributed by atoms with van der Waals surface area (Å²) in [5.41, 5.74) is -1.63. The molecule has 0 bridgehead atoms. The molecule has 0 aliphatic rings. The number of alkyl halides is 9. The van der Waals surface area contributed by atoms with Gasteiger partial charge in [-0.1, -0.05) is 59.1 Å². The lowest BCUT2D eigenvalue weighted by Crippen LogP contribution is -2.24. The summed E-state index contributed by atoms with van der Waals surface area (Å²) in [7, 11) is 0. The molecule has 2 rings (SSSR count). The van der Waals surface area contributed by atoms with Crippen molar-refractivity contribution in [1.82, 2.24) is 0 Å². The average Bonchev–Trinajstić information content (AvgIpc) is 2.57. The molecule has 0 atom stereocenters. The molecule has 2 aromatic carbocycles. The van der Waals surface area contributed by atoms with Crippen molar-refractivity contribution in [3.05, 3.63) is 70.8 Å². The van der Waals surface area contributed by atoms with Crippen molar-refractivity contribution in [3.8, 4) is 0 Å². The molecule has 0 radical (unpaired) electrons. The summed E-state index contributed by atoms with van der Waals surface area (Å²) in [4.78, 5) is 0. The molecule has 0 amide bonds. The van der Waals surface area contributed by atoms with Gasteiger partial charge in [-0.25, -0.2) is 0 Å². The predicted molar refractivity (Wildman–Crippen MR) is 93.8 cm³/mol. The molecule has 28 heavy (non-hydrogen) atoms. The second-order valence-electron chi connectivity index (χ2n) is 5.56. The lowest BCUT2D eigenvalue weighted by molar-refractivity contribution is -0.138. The minimum absolute atomic E-state index is 0.117. The highest BCUT2D eigenvalue weighted by Crippen LogP contribution is 2.36. The van der Waals surface area contributed by atoms with Crippen LogP contribution in [0.25, 0.3) is 0 Å². The molecule has 0 aromatic heterocycles. The van der Waals surface area contributed by atoms with Crippen LogP contribution >= 0.6 is 34.8 Å². The van der Waals surface area contributed by atoms with Crippen LogP contribution in [0.2, 0.25) is 0 Å². The van der Waals surface area contributed by atoms with Crippen LogP contribution in [-0.4, -0.2) is 9.69 Å². The molecule has 0 saturated carbocycles. The van der Waals surface area contributed by atoms with Gasteiger partial charge in [0.05, 0.1) is 11.1 Å². The van der Waals surface area contributed by atoms with Crippen LogP contribution in [0.5, 0.6) is 0 Å². The van der Waals surface area contributed by atoms with Crippen LogP contribution in [0, 0.1) is 5.41 Å². The minimum Gasteiger partial charge on any atom is -0.465 e. The van der Waals surface area contributed by atoms with Gasteiger partial charge in [-0.3, -0.25) is 5.41 Å². The Morgan fingerprint density at radius 2 is 1.04 bits per heavy atom. The molecule has 1 N–H and O–H groups in total. The fourth-order valence-corrected chi connectivity index (χ4v) is 2.34. The van der Waals surface area contributed by atoms with Crippen molar-refractivity contribution < 1.29 is 31.1 Å². The molecule has 0 spiro atoms. The second-order valence-corrected chi connectivity index (χ2v) is 7.85. The molecule has 0 saturated heterocycles. The van der Waals surface area contributed by atoms with E-state index in [1.54, 1.807) is 0 Å². The maximum absolute atomic E-state index is 12.7. The van der Waals surface area contributed by atoms with E-state index < -0.39 is 39.3 Å². The number of nitrogens with one attached hydrogen (secondary N) is 1. The third kappa shape index (κ3) is 5.68. The van der Waals surface area contributed by atoms with Gasteiger partial charge in [0.1, 0.15) is 0 Å². The summed E-state index contributed by atoms with van der Waals surface area (Å²) in [5.74, 6) is -0.845. The van der Waals surface area contributed by atoms with Crippen molar-refractivity contribution in [3.63, 3.8) is 0 Å². The largest absolute Gasteiger partial charge is 0.465 e. The van der Waals surface area contributed by atoms with Gasteiger partial charge < -0.3 is 4.74 Å². The second kappa shape index (κ2) is 8.00. The molecule has 0 heterocycles. The number of benzene rings is 2. The topological polar surface area (TPSA) is 33.1 Å². The molecule has 152 valence electrons. The highest BCUT2D eigenvalue weighted by molar-refractivity contribution is 6.76. The molecule has 11 heteroatoms. The van der Waals surface area contributed by atoms with Gasteiger partial charge in [-0.05, 0) is 35.4 Å². The first-order valence-corrected chi connectivity index (χ1v) is 8.49. The van der Waals surface area contributed by atoms with Crippen LogP contribution in [0.3, 0.4) is 0 Å². The highest BCUT2D eigenvalue weighted by atomic mass is 35.6. The Balaban J connectivity index is 2.44. The number of ether oxygens (including phenoxy) is 1. The molecule has 0 unspecified atom stereocenters. The summed E-state index contributed by atoms with van der Waals surface area (Å²) in [6.45, 7) is 0. The van der Waals surface area contributed by atoms with Crippen LogP contribution in [0.1, 0.15) is 28.4 Å². The fraction of sp³-hybridized carbons (Fsp3) is 0.235. The monoisotopic (exact) mass is 463 g/mol. The van der Waals surface area contributed by atoms with Gasteiger partial charge in [0.15, 0.2) is 6.10 Å². The Morgan fingerprint density at radius 1 is 0.714 bits per heavy atom. The Bertz CT molecular complexity index is 769. The van der Waals surface area contributed by atoms with Gasteiger partial charge >= 0.3 is 12.4 Å². The smallest absolute Gasteiger partial charge is 0.416 e. The van der Waals surface area contributed by atoms with Crippen LogP contribution < -0.4 is 0 Å². The predicted octanol–water partition coefficient (Wildman–Crippen LogP) is 7.18. The molecule has 0 fully saturated rings. The van der Waals surface area contributed by atoms with Crippen molar-refractivity contribution in [1.29, 1.82) is 5.41 Å². The van der Waals surface area contributed by atoms with Gasteiger partial charge in [0.25, 0.3) is 3.79 Å². The Hall–Kier alpha value is -1.64. The molecule has 0 aliphatic heterocycles. The standard InChI is InChI=1S/C17H10Cl3F6NO/c18-15(19,20)14(27)28-13(9-1-5-11(6-2-9)16(21,22)23)10-3-7-12(8-4-10)17(24,25)26/h1-8,13,27H. The van der Waals surface area contributed by atoms with Gasteiger partial charge in [-0.15, -0.1) is 0 Å². The fourth-order valence-electron chi connectivity index (χ4n) is 2.21. The first kappa shape index (κ1) is 22.6. The maximum Gasteiger partial charge on any atom is 0.416 e. The Labute approximate surface area is 170 Å². The summed E-state index contributed by atoms with van der Waals surface area (Å²) < 4.78 is 79.4. The number of halogens is 9. The summed E-state index contributed by atoms with van der Waals surface area (Å²) in [6.07, 6.45) is -10.4. The van der Waals surface area contributed by atoms with Gasteiger partial charge in [-0.2, -0.15) is 26.3 Å². The zero-order chi connectivity index (χ0) is 21.3. The normalized spacial score (nSPS) is 12.9. The lowest BCUT2D eigenvalue weighted by Gasteiger charge is -2.23. The quantitative estimate of drug-likeness (QED) is 0.222. The zero-order valence-corrected chi connectivity index (χ0v) is 15.8. The molecule has 2 aromatic rings. The summed E-state index contributed by atoms with van der Waals surface area (Å²) in [5, 5.41) is 7.67. The molecular formula is C17H10Cl3F6NO. The minimum atomic E-state index is -4.58. The Kier molecular flexibility index (Phi) is 6.47.